The van der Waals surface area contributed by atoms with Crippen molar-refractivity contribution >= 4 is 0 Å². The smallest absolute Gasteiger partial charge is 0.0469 e. The first kappa shape index (κ1) is 11.2. The molecule has 14 heavy (non-hydrogen) atoms. The molecule has 0 heterocycles. The minimum atomic E-state index is 0.630. The van der Waals surface area contributed by atoms with Crippen molar-refractivity contribution in [3.8, 4) is 0 Å². The fraction of sp³-hybridized carbons (Fsp3) is 0.500. The van der Waals surface area contributed by atoms with Gasteiger partial charge in [-0.25, -0.2) is 0 Å². The molecule has 0 unspecified atom stereocenters. The number of ether oxygens (including phenoxy) is 1. The molecule has 2 N–H and O–H groups in total. The van der Waals surface area contributed by atoms with Crippen molar-refractivity contribution in [3.05, 3.63) is 35.4 Å². The van der Waals surface area contributed by atoms with Gasteiger partial charge < -0.3 is 10.5 Å². The van der Waals surface area contributed by atoms with E-state index in [1.54, 1.807) is 0 Å². The van der Waals surface area contributed by atoms with Crippen LogP contribution in [0.5, 0.6) is 0 Å². The molecule has 0 aliphatic rings. The molecular formula is C12H19NO. The van der Waals surface area contributed by atoms with Crippen molar-refractivity contribution in [1.82, 2.24) is 0 Å². The van der Waals surface area contributed by atoms with Crippen LogP contribution in [0, 0.1) is 0 Å². The fourth-order valence-corrected chi connectivity index (χ4v) is 1.51. The van der Waals surface area contributed by atoms with Crippen LogP contribution in [0.2, 0.25) is 0 Å². The molecule has 0 bridgehead atoms. The van der Waals surface area contributed by atoms with Crippen molar-refractivity contribution in [2.75, 3.05) is 13.2 Å². The van der Waals surface area contributed by atoms with E-state index in [-0.39, 0.29) is 0 Å². The zero-order chi connectivity index (χ0) is 10.2. The van der Waals surface area contributed by atoms with E-state index in [1.165, 1.54) is 11.1 Å². The summed E-state index contributed by atoms with van der Waals surface area (Å²) in [7, 11) is 0. The van der Waals surface area contributed by atoms with Crippen LogP contribution in [-0.2, 0) is 17.7 Å². The molecule has 78 valence electrons. The summed E-state index contributed by atoms with van der Waals surface area (Å²) in [5.41, 5.74) is 8.26. The Morgan fingerprint density at radius 1 is 1.21 bits per heavy atom. The molecular weight excluding hydrogens is 174 g/mol. The Bertz CT molecular complexity index is 260. The number of aryl methyl sites for hydroxylation is 1. The molecule has 1 rings (SSSR count). The van der Waals surface area contributed by atoms with Crippen LogP contribution < -0.4 is 5.73 Å². The molecule has 0 aliphatic heterocycles. The van der Waals surface area contributed by atoms with Crippen LogP contribution in [0.3, 0.4) is 0 Å². The highest BCUT2D eigenvalue weighted by atomic mass is 16.5. The predicted molar refractivity (Wildman–Crippen MR) is 59.1 cm³/mol. The van der Waals surface area contributed by atoms with E-state index in [2.05, 4.69) is 18.2 Å². The van der Waals surface area contributed by atoms with Gasteiger partial charge in [0.2, 0.25) is 0 Å². The van der Waals surface area contributed by atoms with Crippen LogP contribution in [0.1, 0.15) is 24.5 Å². The molecule has 2 heteroatoms. The molecule has 1 aromatic carbocycles. The maximum Gasteiger partial charge on any atom is 0.0469 e. The van der Waals surface area contributed by atoms with Crippen LogP contribution in [0.4, 0.5) is 0 Å². The van der Waals surface area contributed by atoms with Gasteiger partial charge in [-0.2, -0.15) is 0 Å². The van der Waals surface area contributed by atoms with Crippen LogP contribution in [0.15, 0.2) is 24.3 Å². The summed E-state index contributed by atoms with van der Waals surface area (Å²) in [6.07, 6.45) is 2.14. The highest BCUT2D eigenvalue weighted by Crippen LogP contribution is 2.10. The van der Waals surface area contributed by atoms with E-state index in [0.717, 1.165) is 26.1 Å². The molecule has 0 saturated carbocycles. The second-order valence-corrected chi connectivity index (χ2v) is 3.27. The van der Waals surface area contributed by atoms with Crippen LogP contribution in [-0.4, -0.2) is 13.2 Å². The summed E-state index contributed by atoms with van der Waals surface area (Å²) in [4.78, 5) is 0. The van der Waals surface area contributed by atoms with Gasteiger partial charge in [0.15, 0.2) is 0 Å². The zero-order valence-electron chi connectivity index (χ0n) is 8.83. The number of nitrogens with two attached hydrogens (primary N) is 1. The monoisotopic (exact) mass is 193 g/mol. The largest absolute Gasteiger partial charge is 0.382 e. The van der Waals surface area contributed by atoms with Crippen molar-refractivity contribution in [2.24, 2.45) is 5.73 Å². The summed E-state index contributed by atoms with van der Waals surface area (Å²) in [6, 6.07) is 8.34. The van der Waals surface area contributed by atoms with Gasteiger partial charge in [-0.3, -0.25) is 0 Å². The predicted octanol–water partition coefficient (Wildman–Crippen LogP) is 2.11. The third kappa shape index (κ3) is 3.48. The first-order chi connectivity index (χ1) is 6.88. The van der Waals surface area contributed by atoms with Crippen molar-refractivity contribution < 1.29 is 4.74 Å². The Kier molecular flexibility index (Phi) is 5.27. The molecule has 2 nitrogen and oxygen atoms in total. The molecule has 0 atom stereocenters. The van der Waals surface area contributed by atoms with Gasteiger partial charge in [0.25, 0.3) is 0 Å². The Morgan fingerprint density at radius 3 is 2.57 bits per heavy atom. The lowest BCUT2D eigenvalue weighted by Gasteiger charge is -2.07. The van der Waals surface area contributed by atoms with Crippen LogP contribution in [0.25, 0.3) is 0 Å². The van der Waals surface area contributed by atoms with E-state index in [0.29, 0.717) is 6.54 Å². The van der Waals surface area contributed by atoms with Crippen molar-refractivity contribution in [3.63, 3.8) is 0 Å². The van der Waals surface area contributed by atoms with Gasteiger partial charge in [-0.05, 0) is 30.9 Å². The van der Waals surface area contributed by atoms with Crippen LogP contribution >= 0.6 is 0 Å². The first-order valence-electron chi connectivity index (χ1n) is 5.23. The highest BCUT2D eigenvalue weighted by molar-refractivity contribution is 5.26. The van der Waals surface area contributed by atoms with Gasteiger partial charge in [-0.1, -0.05) is 24.3 Å². The summed E-state index contributed by atoms with van der Waals surface area (Å²) < 4.78 is 5.30. The molecule has 0 aliphatic carbocycles. The number of rotatable bonds is 6. The Morgan fingerprint density at radius 2 is 1.93 bits per heavy atom. The maximum atomic E-state index is 5.65. The molecule has 0 radical (unpaired) electrons. The van der Waals surface area contributed by atoms with Gasteiger partial charge >= 0.3 is 0 Å². The third-order valence-corrected chi connectivity index (χ3v) is 2.28. The van der Waals surface area contributed by atoms with E-state index < -0.39 is 0 Å². The minimum absolute atomic E-state index is 0.630. The Labute approximate surface area is 86.1 Å². The number of hydrogen-bond donors (Lipinski definition) is 1. The van der Waals surface area contributed by atoms with E-state index in [9.17, 15) is 0 Å². The fourth-order valence-electron chi connectivity index (χ4n) is 1.51. The van der Waals surface area contributed by atoms with E-state index in [1.807, 2.05) is 13.0 Å². The van der Waals surface area contributed by atoms with E-state index in [4.69, 9.17) is 10.5 Å². The topological polar surface area (TPSA) is 35.2 Å². The summed E-state index contributed by atoms with van der Waals surface area (Å²) in [5, 5.41) is 0. The lowest BCUT2D eigenvalue weighted by atomic mass is 10.0. The van der Waals surface area contributed by atoms with Gasteiger partial charge in [-0.15, -0.1) is 0 Å². The lowest BCUT2D eigenvalue weighted by molar-refractivity contribution is 0.145. The zero-order valence-corrected chi connectivity index (χ0v) is 8.83. The van der Waals surface area contributed by atoms with E-state index >= 15 is 0 Å². The van der Waals surface area contributed by atoms with Crippen molar-refractivity contribution in [2.45, 2.75) is 26.3 Å². The lowest BCUT2D eigenvalue weighted by Crippen LogP contribution is -2.03. The molecule has 0 saturated heterocycles. The molecule has 1 aromatic rings. The quantitative estimate of drug-likeness (QED) is 0.702. The number of hydrogen-bond acceptors (Lipinski definition) is 2. The number of benzene rings is 1. The second-order valence-electron chi connectivity index (χ2n) is 3.27. The molecule has 0 fully saturated rings. The Hall–Kier alpha value is -0.860. The first-order valence-corrected chi connectivity index (χ1v) is 5.23. The normalized spacial score (nSPS) is 10.4. The van der Waals surface area contributed by atoms with Gasteiger partial charge in [0.1, 0.15) is 0 Å². The third-order valence-electron chi connectivity index (χ3n) is 2.28. The average Bonchev–Trinajstić information content (AvgIpc) is 2.25. The van der Waals surface area contributed by atoms with Gasteiger partial charge in [0.05, 0.1) is 0 Å². The summed E-state index contributed by atoms with van der Waals surface area (Å²) in [6.45, 7) is 4.30. The Balaban J connectivity index is 2.41. The highest BCUT2D eigenvalue weighted by Gasteiger charge is 1.98. The second kappa shape index (κ2) is 6.57. The standard InChI is InChI=1S/C12H19NO/c1-2-14-9-5-8-11-6-3-4-7-12(11)10-13/h3-4,6-7H,2,5,8-10,13H2,1H3. The van der Waals surface area contributed by atoms with Gasteiger partial charge in [0, 0.05) is 19.8 Å². The molecule has 0 spiro atoms. The van der Waals surface area contributed by atoms with Crippen molar-refractivity contribution in [1.29, 1.82) is 0 Å². The average molecular weight is 193 g/mol. The molecule has 0 amide bonds. The minimum Gasteiger partial charge on any atom is -0.382 e. The SMILES string of the molecule is CCOCCCc1ccccc1CN. The summed E-state index contributed by atoms with van der Waals surface area (Å²) >= 11 is 0. The maximum absolute atomic E-state index is 5.65. The summed E-state index contributed by atoms with van der Waals surface area (Å²) in [5.74, 6) is 0. The molecule has 0 aromatic heterocycles.